The number of carbonyl (C=O) groups excluding carboxylic acids is 1. The lowest BCUT2D eigenvalue weighted by Crippen LogP contribution is -2.23. The van der Waals surface area contributed by atoms with E-state index in [0.717, 1.165) is 38.2 Å². The molecule has 1 aromatic heterocycles. The maximum Gasteiger partial charge on any atom is 0.159 e. The number of likely N-dealkylation sites (tertiary alicyclic amines) is 1. The fraction of sp³-hybridized carbons (Fsp3) is 0.346. The largest absolute Gasteiger partial charge is 0.496 e. The highest BCUT2D eigenvalue weighted by Crippen LogP contribution is 2.31. The fourth-order valence-electron chi connectivity index (χ4n) is 4.76. The molecule has 5 rings (SSSR count). The number of halogens is 2. The molecule has 2 atom stereocenters. The van der Waals surface area contributed by atoms with E-state index in [1.165, 1.54) is 18.5 Å². The third kappa shape index (κ3) is 5.29. The molecule has 3 heterocycles. The zero-order chi connectivity index (χ0) is 24.4. The summed E-state index contributed by atoms with van der Waals surface area (Å²) >= 11 is 5.91. The van der Waals surface area contributed by atoms with E-state index in [0.29, 0.717) is 40.2 Å². The highest BCUT2D eigenvalue weighted by atomic mass is 35.5. The Kier molecular flexibility index (Phi) is 6.95. The quantitative estimate of drug-likeness (QED) is 0.458. The van der Waals surface area contributed by atoms with Crippen molar-refractivity contribution in [3.8, 4) is 5.75 Å². The van der Waals surface area contributed by atoms with Crippen LogP contribution < -0.4 is 10.1 Å². The summed E-state index contributed by atoms with van der Waals surface area (Å²) in [7, 11) is 1.57. The normalized spacial score (nSPS) is 20.0. The Morgan fingerprint density at radius 2 is 2.20 bits per heavy atom. The van der Waals surface area contributed by atoms with Gasteiger partial charge in [-0.05, 0) is 36.8 Å². The number of aromatic nitrogens is 2. The van der Waals surface area contributed by atoms with Crippen LogP contribution >= 0.6 is 11.6 Å². The van der Waals surface area contributed by atoms with Crippen molar-refractivity contribution < 1.29 is 18.7 Å². The summed E-state index contributed by atoms with van der Waals surface area (Å²) in [6.07, 6.45) is 6.64. The van der Waals surface area contributed by atoms with Gasteiger partial charge in [0.05, 0.1) is 23.8 Å². The average Bonchev–Trinajstić information content (AvgIpc) is 3.43. The maximum atomic E-state index is 13.5. The summed E-state index contributed by atoms with van der Waals surface area (Å²) in [5, 5.41) is 3.88. The molecule has 2 unspecified atom stereocenters. The zero-order valence-corrected chi connectivity index (χ0v) is 20.1. The Bertz CT molecular complexity index is 1270. The van der Waals surface area contributed by atoms with Gasteiger partial charge in [-0.2, -0.15) is 0 Å². The number of carbonyl (C=O) groups is 1. The second-order valence-corrected chi connectivity index (χ2v) is 9.29. The topological polar surface area (TPSA) is 76.6 Å². The number of fused-ring (bicyclic) bond motifs is 2. The van der Waals surface area contributed by atoms with Gasteiger partial charge in [0.2, 0.25) is 0 Å². The summed E-state index contributed by atoms with van der Waals surface area (Å²) in [6, 6.07) is 7.99. The van der Waals surface area contributed by atoms with E-state index in [-0.39, 0.29) is 17.2 Å². The molecule has 0 bridgehead atoms. The van der Waals surface area contributed by atoms with Gasteiger partial charge in [0.25, 0.3) is 0 Å². The van der Waals surface area contributed by atoms with Crippen LogP contribution in [-0.2, 0) is 16.0 Å². The van der Waals surface area contributed by atoms with Crippen molar-refractivity contribution in [1.82, 2.24) is 14.9 Å². The molecule has 35 heavy (non-hydrogen) atoms. The number of ether oxygens (including phenoxy) is 2. The maximum absolute atomic E-state index is 13.5. The fourth-order valence-corrected chi connectivity index (χ4v) is 4.94. The number of methoxy groups -OCH3 is 1. The number of rotatable bonds is 8. The lowest BCUT2D eigenvalue weighted by Gasteiger charge is -2.14. The molecule has 182 valence electrons. The molecule has 0 saturated carbocycles. The number of nitrogens with zero attached hydrogens (tertiary/aromatic N) is 3. The van der Waals surface area contributed by atoms with Gasteiger partial charge in [0.15, 0.2) is 5.78 Å². The molecule has 3 aromatic rings. The van der Waals surface area contributed by atoms with Gasteiger partial charge in [-0.15, -0.1) is 0 Å². The van der Waals surface area contributed by atoms with E-state index < -0.39 is 5.82 Å². The number of allylic oxidation sites excluding steroid dienone is 1. The molecule has 7 nitrogen and oxygen atoms in total. The first kappa shape index (κ1) is 23.7. The minimum Gasteiger partial charge on any atom is -0.496 e. The highest BCUT2D eigenvalue weighted by molar-refractivity contribution is 6.31. The number of ketones is 1. The standard InChI is InChI=1S/C26H26ClFN4O3/c1-34-24-12-23-20(26(30-15-29-23)31-18-4-5-22(28)21(27)11-18)10-17(24)9-19(33)3-2-7-32-13-16-6-8-35-25(16)14-32/h2-5,10-12,15-16,25H,6-9,13-14H2,1H3,(H,29,30,31)/b3-2+. The van der Waals surface area contributed by atoms with E-state index in [1.807, 2.05) is 12.1 Å². The van der Waals surface area contributed by atoms with Gasteiger partial charge in [0, 0.05) is 61.3 Å². The van der Waals surface area contributed by atoms with Gasteiger partial charge in [-0.3, -0.25) is 9.69 Å². The summed E-state index contributed by atoms with van der Waals surface area (Å²) in [5.41, 5.74) is 1.97. The summed E-state index contributed by atoms with van der Waals surface area (Å²) < 4.78 is 24.8. The second kappa shape index (κ2) is 10.3. The van der Waals surface area contributed by atoms with E-state index in [9.17, 15) is 9.18 Å². The molecule has 2 saturated heterocycles. The Morgan fingerprint density at radius 3 is 3.00 bits per heavy atom. The van der Waals surface area contributed by atoms with Gasteiger partial charge >= 0.3 is 0 Å². The molecular formula is C26H26ClFN4O3. The SMILES string of the molecule is COc1cc2ncnc(Nc3ccc(F)c(Cl)c3)c2cc1CC(=O)/C=C/CN1CC2CCOC2C1. The zero-order valence-electron chi connectivity index (χ0n) is 19.3. The average molecular weight is 497 g/mol. The van der Waals surface area contributed by atoms with Crippen molar-refractivity contribution in [2.45, 2.75) is 18.9 Å². The molecule has 2 aliphatic heterocycles. The minimum atomic E-state index is -0.496. The highest BCUT2D eigenvalue weighted by Gasteiger charge is 2.36. The van der Waals surface area contributed by atoms with E-state index in [4.69, 9.17) is 21.1 Å². The van der Waals surface area contributed by atoms with Crippen LogP contribution in [0.15, 0.2) is 48.8 Å². The smallest absolute Gasteiger partial charge is 0.159 e. The van der Waals surface area contributed by atoms with Crippen LogP contribution in [-0.4, -0.2) is 60.1 Å². The summed E-state index contributed by atoms with van der Waals surface area (Å²) in [5.74, 6) is 1.21. The summed E-state index contributed by atoms with van der Waals surface area (Å²) in [6.45, 7) is 3.55. The van der Waals surface area contributed by atoms with Gasteiger partial charge in [-0.25, -0.2) is 14.4 Å². The van der Waals surface area contributed by atoms with Crippen LogP contribution in [0.3, 0.4) is 0 Å². The van der Waals surface area contributed by atoms with Crippen LogP contribution in [0.1, 0.15) is 12.0 Å². The summed E-state index contributed by atoms with van der Waals surface area (Å²) in [4.78, 5) is 23.7. The molecule has 0 aliphatic carbocycles. The van der Waals surface area contributed by atoms with Gasteiger partial charge in [0.1, 0.15) is 23.7 Å². The minimum absolute atomic E-state index is 0.0118. The van der Waals surface area contributed by atoms with Crippen molar-refractivity contribution in [1.29, 1.82) is 0 Å². The van der Waals surface area contributed by atoms with Crippen molar-refractivity contribution in [3.05, 3.63) is 65.2 Å². The number of anilines is 2. The predicted octanol–water partition coefficient (Wildman–Crippen LogP) is 4.56. The Morgan fingerprint density at radius 1 is 1.31 bits per heavy atom. The first-order valence-electron chi connectivity index (χ1n) is 11.6. The van der Waals surface area contributed by atoms with Crippen LogP contribution in [0, 0.1) is 11.7 Å². The Hall–Kier alpha value is -3.07. The molecule has 9 heteroatoms. The van der Waals surface area contributed by atoms with Gasteiger partial charge < -0.3 is 14.8 Å². The number of hydrogen-bond donors (Lipinski definition) is 1. The number of benzene rings is 2. The van der Waals surface area contributed by atoms with E-state index in [1.54, 1.807) is 25.3 Å². The molecule has 2 aliphatic rings. The van der Waals surface area contributed by atoms with Crippen LogP contribution in [0.25, 0.3) is 10.9 Å². The third-order valence-corrected chi connectivity index (χ3v) is 6.82. The monoisotopic (exact) mass is 496 g/mol. The molecule has 2 fully saturated rings. The Balaban J connectivity index is 1.31. The lowest BCUT2D eigenvalue weighted by atomic mass is 10.0. The van der Waals surface area contributed by atoms with Crippen molar-refractivity contribution in [3.63, 3.8) is 0 Å². The first-order chi connectivity index (χ1) is 17.0. The molecule has 0 amide bonds. The Labute approximate surface area is 207 Å². The molecule has 0 radical (unpaired) electrons. The van der Waals surface area contributed by atoms with Crippen molar-refractivity contribution in [2.75, 3.05) is 38.7 Å². The van der Waals surface area contributed by atoms with E-state index in [2.05, 4.69) is 20.2 Å². The number of hydrogen-bond acceptors (Lipinski definition) is 7. The molecule has 0 spiro atoms. The van der Waals surface area contributed by atoms with Crippen LogP contribution in [0.5, 0.6) is 5.75 Å². The van der Waals surface area contributed by atoms with E-state index >= 15 is 0 Å². The molecule has 1 N–H and O–H groups in total. The van der Waals surface area contributed by atoms with Crippen LogP contribution in [0.2, 0.25) is 5.02 Å². The van der Waals surface area contributed by atoms with Crippen molar-refractivity contribution in [2.24, 2.45) is 5.92 Å². The second-order valence-electron chi connectivity index (χ2n) is 8.88. The molecule has 2 aromatic carbocycles. The third-order valence-electron chi connectivity index (χ3n) is 6.53. The van der Waals surface area contributed by atoms with Crippen molar-refractivity contribution >= 4 is 39.8 Å². The van der Waals surface area contributed by atoms with Gasteiger partial charge in [-0.1, -0.05) is 17.7 Å². The van der Waals surface area contributed by atoms with Crippen LogP contribution in [0.4, 0.5) is 15.9 Å². The molecular weight excluding hydrogens is 471 g/mol. The predicted molar refractivity (Wildman–Crippen MR) is 133 cm³/mol. The lowest BCUT2D eigenvalue weighted by molar-refractivity contribution is -0.114. The first-order valence-corrected chi connectivity index (χ1v) is 11.9. The number of nitrogens with one attached hydrogen (secondary N) is 1.